The Labute approximate surface area is 182 Å². The highest BCUT2D eigenvalue weighted by molar-refractivity contribution is 7.92. The number of sulfonamides is 1. The Morgan fingerprint density at radius 1 is 0.968 bits per heavy atom. The highest BCUT2D eigenvalue weighted by Gasteiger charge is 2.27. The number of aryl methyl sites for hydroxylation is 2. The van der Waals surface area contributed by atoms with Gasteiger partial charge in [-0.05, 0) is 73.9 Å². The molecule has 0 aromatic heterocycles. The zero-order valence-electron chi connectivity index (χ0n) is 17.7. The average molecular weight is 441 g/mol. The zero-order chi connectivity index (χ0) is 22.6. The summed E-state index contributed by atoms with van der Waals surface area (Å²) in [6.45, 7) is 5.21. The van der Waals surface area contributed by atoms with Crippen molar-refractivity contribution >= 4 is 21.6 Å². The smallest absolute Gasteiger partial charge is 0.264 e. The van der Waals surface area contributed by atoms with Gasteiger partial charge in [0.2, 0.25) is 5.91 Å². The van der Waals surface area contributed by atoms with Crippen molar-refractivity contribution in [3.63, 3.8) is 0 Å². The summed E-state index contributed by atoms with van der Waals surface area (Å²) in [5.74, 6) is -0.827. The van der Waals surface area contributed by atoms with Crippen molar-refractivity contribution in [2.75, 3.05) is 10.8 Å². The van der Waals surface area contributed by atoms with Crippen LogP contribution >= 0.6 is 0 Å². The molecule has 3 aromatic carbocycles. The minimum absolute atomic E-state index is 0.104. The van der Waals surface area contributed by atoms with Crippen LogP contribution in [0.15, 0.2) is 77.7 Å². The third-order valence-electron chi connectivity index (χ3n) is 5.14. The Hall–Kier alpha value is -3.19. The van der Waals surface area contributed by atoms with E-state index in [0.29, 0.717) is 5.69 Å². The lowest BCUT2D eigenvalue weighted by Crippen LogP contribution is -2.41. The molecule has 31 heavy (non-hydrogen) atoms. The number of carbonyl (C=O) groups is 1. The SMILES string of the molecule is Cc1ccc(N(CC(=O)N[C@H](C)c2ccc(F)cc2)S(=O)(=O)c2ccccc2)cc1C. The molecule has 0 saturated heterocycles. The number of hydrogen-bond acceptors (Lipinski definition) is 3. The van der Waals surface area contributed by atoms with Gasteiger partial charge in [0.25, 0.3) is 10.0 Å². The molecular formula is C24H25FN2O3S. The van der Waals surface area contributed by atoms with E-state index < -0.39 is 22.0 Å². The molecule has 0 aliphatic heterocycles. The molecule has 0 aliphatic carbocycles. The molecule has 0 radical (unpaired) electrons. The number of nitrogens with one attached hydrogen (secondary N) is 1. The first-order chi connectivity index (χ1) is 14.7. The van der Waals surface area contributed by atoms with Crippen LogP contribution in [0.3, 0.4) is 0 Å². The van der Waals surface area contributed by atoms with Gasteiger partial charge in [0.05, 0.1) is 16.6 Å². The van der Waals surface area contributed by atoms with Gasteiger partial charge in [-0.3, -0.25) is 9.10 Å². The summed E-state index contributed by atoms with van der Waals surface area (Å²) in [5, 5.41) is 2.80. The van der Waals surface area contributed by atoms with Crippen LogP contribution in [0.5, 0.6) is 0 Å². The molecule has 0 unspecified atom stereocenters. The Kier molecular flexibility index (Phi) is 6.75. The van der Waals surface area contributed by atoms with Gasteiger partial charge in [0.15, 0.2) is 0 Å². The van der Waals surface area contributed by atoms with Crippen LogP contribution in [0.25, 0.3) is 0 Å². The topological polar surface area (TPSA) is 66.5 Å². The number of hydrogen-bond donors (Lipinski definition) is 1. The first-order valence-electron chi connectivity index (χ1n) is 9.88. The fourth-order valence-corrected chi connectivity index (χ4v) is 4.60. The number of anilines is 1. The minimum atomic E-state index is -3.96. The van der Waals surface area contributed by atoms with Crippen LogP contribution < -0.4 is 9.62 Å². The third kappa shape index (κ3) is 5.30. The van der Waals surface area contributed by atoms with E-state index in [1.807, 2.05) is 19.9 Å². The molecule has 162 valence electrons. The second-order valence-corrected chi connectivity index (χ2v) is 9.30. The zero-order valence-corrected chi connectivity index (χ0v) is 18.5. The van der Waals surface area contributed by atoms with Crippen molar-refractivity contribution in [1.82, 2.24) is 5.32 Å². The highest BCUT2D eigenvalue weighted by atomic mass is 32.2. The average Bonchev–Trinajstić information content (AvgIpc) is 2.75. The van der Waals surface area contributed by atoms with E-state index in [2.05, 4.69) is 5.32 Å². The predicted molar refractivity (Wildman–Crippen MR) is 120 cm³/mol. The van der Waals surface area contributed by atoms with E-state index in [9.17, 15) is 17.6 Å². The molecule has 0 saturated carbocycles. The second-order valence-electron chi connectivity index (χ2n) is 7.43. The van der Waals surface area contributed by atoms with Crippen LogP contribution in [-0.2, 0) is 14.8 Å². The van der Waals surface area contributed by atoms with Gasteiger partial charge >= 0.3 is 0 Å². The summed E-state index contributed by atoms with van der Waals surface area (Å²) in [7, 11) is -3.96. The van der Waals surface area contributed by atoms with Crippen molar-refractivity contribution in [3.8, 4) is 0 Å². The van der Waals surface area contributed by atoms with Gasteiger partial charge in [0.1, 0.15) is 12.4 Å². The molecule has 0 spiro atoms. The van der Waals surface area contributed by atoms with Crippen molar-refractivity contribution in [2.24, 2.45) is 0 Å². The lowest BCUT2D eigenvalue weighted by Gasteiger charge is -2.25. The van der Waals surface area contributed by atoms with Crippen LogP contribution in [0.1, 0.15) is 29.7 Å². The predicted octanol–water partition coefficient (Wildman–Crippen LogP) is 4.52. The Morgan fingerprint density at radius 3 is 2.23 bits per heavy atom. The lowest BCUT2D eigenvalue weighted by molar-refractivity contribution is -0.120. The first-order valence-corrected chi connectivity index (χ1v) is 11.3. The molecule has 0 fully saturated rings. The summed E-state index contributed by atoms with van der Waals surface area (Å²) >= 11 is 0. The van der Waals surface area contributed by atoms with Gasteiger partial charge in [0, 0.05) is 0 Å². The maximum absolute atomic E-state index is 13.4. The van der Waals surface area contributed by atoms with Crippen LogP contribution in [0.4, 0.5) is 10.1 Å². The van der Waals surface area contributed by atoms with Gasteiger partial charge in [-0.25, -0.2) is 12.8 Å². The number of halogens is 1. The quantitative estimate of drug-likeness (QED) is 0.588. The molecule has 5 nitrogen and oxygen atoms in total. The largest absolute Gasteiger partial charge is 0.348 e. The molecule has 0 aliphatic rings. The first kappa shape index (κ1) is 22.5. The van der Waals surface area contributed by atoms with Crippen molar-refractivity contribution in [2.45, 2.75) is 31.7 Å². The summed E-state index contributed by atoms with van der Waals surface area (Å²) < 4.78 is 41.0. The fourth-order valence-electron chi connectivity index (χ4n) is 3.17. The number of benzene rings is 3. The summed E-state index contributed by atoms with van der Waals surface area (Å²) in [4.78, 5) is 12.9. The van der Waals surface area contributed by atoms with Gasteiger partial charge in [-0.2, -0.15) is 0 Å². The standard InChI is InChI=1S/C24H25FN2O3S/c1-17-9-14-22(15-18(17)2)27(31(29,30)23-7-5-4-6-8-23)16-24(28)26-19(3)20-10-12-21(25)13-11-20/h4-15,19H,16H2,1-3H3,(H,26,28)/t19-/m1/s1. The maximum Gasteiger partial charge on any atom is 0.264 e. The molecule has 3 rings (SSSR count). The van der Waals surface area contributed by atoms with Crippen molar-refractivity contribution in [1.29, 1.82) is 0 Å². The Morgan fingerprint density at radius 2 is 1.61 bits per heavy atom. The minimum Gasteiger partial charge on any atom is -0.348 e. The monoisotopic (exact) mass is 440 g/mol. The van der Waals surface area contributed by atoms with E-state index in [1.54, 1.807) is 49.4 Å². The van der Waals surface area contributed by atoms with E-state index in [-0.39, 0.29) is 17.3 Å². The molecule has 1 amide bonds. The van der Waals surface area contributed by atoms with E-state index in [0.717, 1.165) is 21.0 Å². The molecule has 3 aromatic rings. The summed E-state index contributed by atoms with van der Waals surface area (Å²) in [6, 6.07) is 18.7. The third-order valence-corrected chi connectivity index (χ3v) is 6.93. The second kappa shape index (κ2) is 9.31. The van der Waals surface area contributed by atoms with E-state index in [1.165, 1.54) is 24.3 Å². The summed E-state index contributed by atoms with van der Waals surface area (Å²) in [5.41, 5.74) is 3.08. The van der Waals surface area contributed by atoms with E-state index >= 15 is 0 Å². The Bertz CT molecular complexity index is 1160. The number of carbonyl (C=O) groups excluding carboxylic acids is 1. The van der Waals surface area contributed by atoms with Crippen molar-refractivity contribution in [3.05, 3.63) is 95.3 Å². The number of rotatable bonds is 7. The van der Waals surface area contributed by atoms with Crippen LogP contribution in [-0.4, -0.2) is 20.9 Å². The fraction of sp³-hybridized carbons (Fsp3) is 0.208. The Balaban J connectivity index is 1.90. The van der Waals surface area contributed by atoms with Gasteiger partial charge in [-0.15, -0.1) is 0 Å². The number of amides is 1. The van der Waals surface area contributed by atoms with Crippen molar-refractivity contribution < 1.29 is 17.6 Å². The maximum atomic E-state index is 13.4. The molecule has 1 atom stereocenters. The molecule has 7 heteroatoms. The van der Waals surface area contributed by atoms with E-state index in [4.69, 9.17) is 0 Å². The van der Waals surface area contributed by atoms with Gasteiger partial charge in [-0.1, -0.05) is 36.4 Å². The van der Waals surface area contributed by atoms with Crippen LogP contribution in [0, 0.1) is 19.7 Å². The van der Waals surface area contributed by atoms with Gasteiger partial charge < -0.3 is 5.32 Å². The van der Waals surface area contributed by atoms with Crippen LogP contribution in [0.2, 0.25) is 0 Å². The lowest BCUT2D eigenvalue weighted by atomic mass is 10.1. The molecular weight excluding hydrogens is 415 g/mol. The molecule has 0 bridgehead atoms. The molecule has 1 N–H and O–H groups in total. The number of nitrogens with zero attached hydrogens (tertiary/aromatic N) is 1. The molecule has 0 heterocycles. The normalized spacial score (nSPS) is 12.3. The highest BCUT2D eigenvalue weighted by Crippen LogP contribution is 2.26. The summed E-state index contributed by atoms with van der Waals surface area (Å²) in [6.07, 6.45) is 0.